The van der Waals surface area contributed by atoms with E-state index in [9.17, 15) is 28.8 Å². The van der Waals surface area contributed by atoms with E-state index in [0.29, 0.717) is 123 Å². The van der Waals surface area contributed by atoms with E-state index in [-0.39, 0.29) is 61.8 Å². The van der Waals surface area contributed by atoms with Crippen LogP contribution in [0.25, 0.3) is 11.4 Å². The van der Waals surface area contributed by atoms with Crippen LogP contribution in [0.3, 0.4) is 0 Å². The van der Waals surface area contributed by atoms with Gasteiger partial charge in [0.25, 0.3) is 11.8 Å². The molecule has 4 aliphatic rings. The molecule has 21 nitrogen and oxygen atoms in total. The first-order valence-corrected chi connectivity index (χ1v) is 26.3. The number of fused-ring (bicyclic) bond motifs is 2. The highest BCUT2D eigenvalue weighted by Crippen LogP contribution is 2.38. The van der Waals surface area contributed by atoms with Gasteiger partial charge in [-0.3, -0.25) is 34.3 Å². The van der Waals surface area contributed by atoms with Gasteiger partial charge in [-0.15, -0.1) is 10.2 Å². The highest BCUT2D eigenvalue weighted by Gasteiger charge is 2.43. The topological polar surface area (TPSA) is 258 Å². The molecule has 0 bridgehead atoms. The number of likely N-dealkylation sites (tertiary alicyclic amines) is 1. The zero-order chi connectivity index (χ0) is 53.9. The number of anilines is 2. The van der Waals surface area contributed by atoms with Crippen LogP contribution in [0.1, 0.15) is 122 Å². The summed E-state index contributed by atoms with van der Waals surface area (Å²) in [4.78, 5) is 87.6. The quantitative estimate of drug-likeness (QED) is 0.0373. The highest BCUT2D eigenvalue weighted by molar-refractivity contribution is 6.07. The number of ether oxygens (including phenoxy) is 5. The standard InChI is InChI=1S/C56H66N10O11/c1-55(2,3)77-54(72)65-25-21-56(22-26-65,53-61-49(63-64-53)36-18-23-57-24-19-36)62-38-11-7-10-37(32-38)50(69)59-44-20-31-76-46-16-14-39(33-41(44)46)75-30-6-4-5-27-73-28-9-29-74-35-48(68)58-43-13-8-12-40-42(43)34-66(52(40)71)45-15-17-47(67)60-51(45)70/h7-8,10-14,16,18-19,23-24,32-33,44-45,62H,4-6,9,15,17,20-22,25-31,34-35H2,1-3H3,(H,58,68)(H,59,69)(H,60,67,70)(H,61,63,64)/t44-,45?/m0/s1. The highest BCUT2D eigenvalue weighted by atomic mass is 16.6. The summed E-state index contributed by atoms with van der Waals surface area (Å²) in [6, 6.07) is 20.8. The molecule has 406 valence electrons. The molecule has 2 fully saturated rings. The van der Waals surface area contributed by atoms with Crippen molar-refractivity contribution >= 4 is 47.0 Å². The number of benzene rings is 3. The Morgan fingerprint density at radius 1 is 0.857 bits per heavy atom. The van der Waals surface area contributed by atoms with Crippen LogP contribution in [0, 0.1) is 0 Å². The molecule has 3 aromatic carbocycles. The van der Waals surface area contributed by atoms with E-state index < -0.39 is 23.1 Å². The molecule has 1 unspecified atom stereocenters. The predicted octanol–water partition coefficient (Wildman–Crippen LogP) is 6.83. The molecule has 0 saturated carbocycles. The lowest BCUT2D eigenvalue weighted by Crippen LogP contribution is -2.52. The lowest BCUT2D eigenvalue weighted by molar-refractivity contribution is -0.137. The number of hydrogen-bond acceptors (Lipinski definition) is 15. The molecule has 2 saturated heterocycles. The average Bonchev–Trinajstić information content (AvgIpc) is 4.05. The summed E-state index contributed by atoms with van der Waals surface area (Å²) in [5.41, 5.74) is 3.02. The van der Waals surface area contributed by atoms with Crippen molar-refractivity contribution in [2.45, 2.75) is 108 Å². The Hall–Kier alpha value is -7.91. The average molecular weight is 1060 g/mol. The van der Waals surface area contributed by atoms with E-state index in [1.165, 1.54) is 4.90 Å². The SMILES string of the molecule is CC(C)(C)OC(=O)N1CCC(Nc2cccc(C(=O)N[C@H]3CCOc4ccc(OCCCCCOCCCOCC(=O)Nc5cccc6c5CN(C5CCC(=O)NC5=O)C6=O)cc43)c2)(c2nnc(-c3ccncc3)[nH]2)CC1. The summed E-state index contributed by atoms with van der Waals surface area (Å²) in [5, 5.41) is 21.1. The van der Waals surface area contributed by atoms with Gasteiger partial charge in [0.15, 0.2) is 11.6 Å². The van der Waals surface area contributed by atoms with E-state index in [2.05, 4.69) is 41.4 Å². The zero-order valence-electron chi connectivity index (χ0n) is 43.7. The van der Waals surface area contributed by atoms with Crippen molar-refractivity contribution in [2.75, 3.05) is 63.4 Å². The third kappa shape index (κ3) is 13.6. The van der Waals surface area contributed by atoms with Crippen LogP contribution < -0.4 is 30.7 Å². The second kappa shape index (κ2) is 24.4. The lowest BCUT2D eigenvalue weighted by Gasteiger charge is -2.41. The summed E-state index contributed by atoms with van der Waals surface area (Å²) in [5.74, 6) is 0.845. The Balaban J connectivity index is 0.690. The molecule has 2 atom stereocenters. The first kappa shape index (κ1) is 53.9. The van der Waals surface area contributed by atoms with Crippen LogP contribution in [0.15, 0.2) is 85.2 Å². The second-order valence-corrected chi connectivity index (χ2v) is 20.6. The van der Waals surface area contributed by atoms with E-state index in [1.54, 1.807) is 41.6 Å². The number of nitrogens with one attached hydrogen (secondary N) is 5. The number of H-pyrrole nitrogens is 1. The van der Waals surface area contributed by atoms with Crippen molar-refractivity contribution in [1.82, 2.24) is 40.6 Å². The van der Waals surface area contributed by atoms with Crippen molar-refractivity contribution < 1.29 is 52.5 Å². The first-order chi connectivity index (χ1) is 37.2. The minimum atomic E-state index is -0.745. The third-order valence-electron chi connectivity index (χ3n) is 13.9. The Morgan fingerprint density at radius 2 is 1.64 bits per heavy atom. The molecular weight excluding hydrogens is 989 g/mol. The summed E-state index contributed by atoms with van der Waals surface area (Å²) in [6.07, 6.45) is 8.20. The van der Waals surface area contributed by atoms with Crippen LogP contribution in [0.5, 0.6) is 11.5 Å². The molecule has 0 radical (unpaired) electrons. The van der Waals surface area contributed by atoms with Gasteiger partial charge >= 0.3 is 6.09 Å². The Bertz CT molecular complexity index is 2940. The number of amides is 6. The van der Waals surface area contributed by atoms with Crippen molar-refractivity contribution in [2.24, 2.45) is 0 Å². The molecule has 77 heavy (non-hydrogen) atoms. The largest absolute Gasteiger partial charge is 0.494 e. The van der Waals surface area contributed by atoms with Gasteiger partial charge in [-0.25, -0.2) is 4.79 Å². The maximum Gasteiger partial charge on any atom is 0.410 e. The fourth-order valence-corrected chi connectivity index (χ4v) is 9.90. The van der Waals surface area contributed by atoms with Crippen LogP contribution in [-0.2, 0) is 40.7 Å². The number of unbranched alkanes of at least 4 members (excludes halogenated alkanes) is 2. The van der Waals surface area contributed by atoms with E-state index in [4.69, 9.17) is 23.7 Å². The molecule has 6 heterocycles. The maximum atomic E-state index is 14.0. The Kier molecular flexibility index (Phi) is 17.1. The zero-order valence-corrected chi connectivity index (χ0v) is 43.7. The molecule has 21 heteroatoms. The Labute approximate surface area is 446 Å². The van der Waals surface area contributed by atoms with Crippen molar-refractivity contribution in [1.29, 1.82) is 0 Å². The molecule has 5 aromatic rings. The van der Waals surface area contributed by atoms with Gasteiger partial charge in [0, 0.05) is 104 Å². The van der Waals surface area contributed by atoms with Crippen LogP contribution in [0.2, 0.25) is 0 Å². The van der Waals surface area contributed by atoms with Gasteiger partial charge in [0.05, 0.1) is 19.3 Å². The molecule has 0 aliphatic carbocycles. The molecule has 9 rings (SSSR count). The number of aromatic nitrogens is 4. The number of carbonyl (C=O) groups is 6. The van der Waals surface area contributed by atoms with E-state index in [0.717, 1.165) is 30.4 Å². The van der Waals surface area contributed by atoms with Gasteiger partial charge in [0.1, 0.15) is 35.3 Å². The summed E-state index contributed by atoms with van der Waals surface area (Å²) >= 11 is 0. The van der Waals surface area contributed by atoms with Gasteiger partial charge in [-0.2, -0.15) is 0 Å². The number of aromatic amines is 1. The lowest BCUT2D eigenvalue weighted by atomic mass is 9.86. The first-order valence-electron chi connectivity index (χ1n) is 26.3. The maximum absolute atomic E-state index is 14.0. The number of imide groups is 1. The molecular formula is C56H66N10O11. The molecule has 2 aromatic heterocycles. The molecule has 0 spiro atoms. The minimum Gasteiger partial charge on any atom is -0.494 e. The fraction of sp³-hybridized carbons (Fsp3) is 0.446. The molecule has 6 amide bonds. The number of hydrogen-bond donors (Lipinski definition) is 5. The predicted molar refractivity (Wildman–Crippen MR) is 282 cm³/mol. The molecule has 4 aliphatic heterocycles. The summed E-state index contributed by atoms with van der Waals surface area (Å²) in [6.45, 7) is 8.71. The van der Waals surface area contributed by atoms with Crippen molar-refractivity contribution in [3.63, 3.8) is 0 Å². The van der Waals surface area contributed by atoms with E-state index in [1.807, 2.05) is 69.3 Å². The van der Waals surface area contributed by atoms with E-state index >= 15 is 0 Å². The minimum absolute atomic E-state index is 0.154. The number of pyridine rings is 1. The van der Waals surface area contributed by atoms with Crippen LogP contribution in [-0.4, -0.2) is 130 Å². The smallest absolute Gasteiger partial charge is 0.410 e. The summed E-state index contributed by atoms with van der Waals surface area (Å²) < 4.78 is 29.2. The number of nitrogens with zero attached hydrogens (tertiary/aromatic N) is 5. The number of rotatable bonds is 21. The second-order valence-electron chi connectivity index (χ2n) is 20.6. The number of piperidine rings is 2. The van der Waals surface area contributed by atoms with Gasteiger partial charge < -0.3 is 54.4 Å². The Morgan fingerprint density at radius 3 is 2.44 bits per heavy atom. The fourth-order valence-electron chi connectivity index (χ4n) is 9.90. The third-order valence-corrected chi connectivity index (χ3v) is 13.9. The van der Waals surface area contributed by atoms with Crippen molar-refractivity contribution in [3.05, 3.63) is 113 Å². The monoisotopic (exact) mass is 1050 g/mol. The summed E-state index contributed by atoms with van der Waals surface area (Å²) in [7, 11) is 0. The van der Waals surface area contributed by atoms with Crippen molar-refractivity contribution in [3.8, 4) is 22.9 Å². The van der Waals surface area contributed by atoms with Gasteiger partial charge in [0.2, 0.25) is 17.7 Å². The molecule has 5 N–H and O–H groups in total. The van der Waals surface area contributed by atoms with Crippen LogP contribution >= 0.6 is 0 Å². The van der Waals surface area contributed by atoms with Crippen LogP contribution in [0.4, 0.5) is 16.2 Å². The number of carbonyl (C=O) groups excluding carboxylic acids is 6. The van der Waals surface area contributed by atoms with Gasteiger partial charge in [-0.1, -0.05) is 12.1 Å². The normalized spacial score (nSPS) is 17.9. The van der Waals surface area contributed by atoms with Gasteiger partial charge in [-0.05, 0) is 126 Å².